The molecule has 0 aliphatic carbocycles. The van der Waals surface area contributed by atoms with Crippen LogP contribution >= 0.6 is 11.6 Å². The number of nitrogens with one attached hydrogen (secondary N) is 2. The smallest absolute Gasteiger partial charge is 0.280 e. The highest BCUT2D eigenvalue weighted by Gasteiger charge is 2.40. The highest BCUT2D eigenvalue weighted by molar-refractivity contribution is 7.89. The Labute approximate surface area is 292 Å². The molecule has 2 amide bonds. The molecule has 1 aromatic carbocycles. The number of sulfonamides is 1. The summed E-state index contributed by atoms with van der Waals surface area (Å²) in [5.74, 6) is -3.50. The standard InChI is InChI=1S/C31H36ClF2N11O4S/c1-30(33,34)20-6-7-22(37-17-20)43-10-3-11-45(15-14-43)50(48,49)21-5-2-4-19(16-21)28(47)44-12-8-31(9-13-44)18-38-29(42-31)41-27(46)23-25(35)40-26(36)24(32)39-23/h2,4-7,16-17H,3,8-15,18H2,1H3,(H4,35,36,40)(H2,38,41,42,46). The van der Waals surface area contributed by atoms with Gasteiger partial charge in [0.05, 0.1) is 17.0 Å². The van der Waals surface area contributed by atoms with Crippen LogP contribution in [0.5, 0.6) is 0 Å². The Morgan fingerprint density at radius 1 is 1.02 bits per heavy atom. The first kappa shape index (κ1) is 35.2. The second-order valence-electron chi connectivity index (χ2n) is 12.5. The second-order valence-corrected chi connectivity index (χ2v) is 14.8. The fourth-order valence-electron chi connectivity index (χ4n) is 6.14. The van der Waals surface area contributed by atoms with Crippen molar-refractivity contribution >= 4 is 56.9 Å². The molecule has 50 heavy (non-hydrogen) atoms. The fourth-order valence-corrected chi connectivity index (χ4v) is 7.79. The van der Waals surface area contributed by atoms with Gasteiger partial charge >= 0.3 is 0 Å². The zero-order valence-corrected chi connectivity index (χ0v) is 28.6. The Bertz CT molecular complexity index is 1940. The maximum atomic E-state index is 13.7. The number of anilines is 3. The number of alkyl halides is 2. The number of likely N-dealkylation sites (tertiary alicyclic amines) is 1. The molecular weight excluding hydrogens is 696 g/mol. The molecule has 19 heteroatoms. The number of carbonyl (C=O) groups is 2. The minimum absolute atomic E-state index is 0.0110. The number of carbonyl (C=O) groups excluding carboxylic acids is 2. The van der Waals surface area contributed by atoms with Gasteiger partial charge in [0.15, 0.2) is 28.4 Å². The number of aromatic nitrogens is 3. The number of hydrogen-bond acceptors (Lipinski definition) is 12. The van der Waals surface area contributed by atoms with E-state index < -0.39 is 27.4 Å². The molecule has 6 rings (SSSR count). The van der Waals surface area contributed by atoms with Gasteiger partial charge in [0, 0.05) is 63.5 Å². The summed E-state index contributed by atoms with van der Waals surface area (Å²) < 4.78 is 56.0. The van der Waals surface area contributed by atoms with Crippen LogP contribution in [0.2, 0.25) is 5.15 Å². The Morgan fingerprint density at radius 2 is 1.78 bits per heavy atom. The first-order valence-corrected chi connectivity index (χ1v) is 17.7. The lowest BCUT2D eigenvalue weighted by Gasteiger charge is -2.39. The zero-order chi connectivity index (χ0) is 35.8. The number of guanidine groups is 1. The number of amides is 2. The van der Waals surface area contributed by atoms with E-state index in [0.717, 1.165) is 13.1 Å². The molecule has 0 radical (unpaired) electrons. The van der Waals surface area contributed by atoms with Crippen molar-refractivity contribution in [2.75, 3.05) is 62.2 Å². The van der Waals surface area contributed by atoms with Crippen LogP contribution < -0.4 is 27.0 Å². The molecule has 0 atom stereocenters. The van der Waals surface area contributed by atoms with Gasteiger partial charge in [0.2, 0.25) is 10.0 Å². The molecule has 2 fully saturated rings. The molecule has 6 N–H and O–H groups in total. The van der Waals surface area contributed by atoms with Gasteiger partial charge in [-0.25, -0.2) is 32.2 Å². The number of halogens is 3. The van der Waals surface area contributed by atoms with Crippen molar-refractivity contribution in [3.63, 3.8) is 0 Å². The number of hydrogen-bond donors (Lipinski definition) is 4. The molecule has 2 aromatic heterocycles. The minimum Gasteiger partial charge on any atom is -0.382 e. The molecule has 0 saturated carbocycles. The highest BCUT2D eigenvalue weighted by Crippen LogP contribution is 2.29. The lowest BCUT2D eigenvalue weighted by Crippen LogP contribution is -2.57. The molecule has 3 aliphatic rings. The Hall–Kier alpha value is -4.68. The number of pyridine rings is 1. The molecule has 5 heterocycles. The monoisotopic (exact) mass is 731 g/mol. The van der Waals surface area contributed by atoms with Gasteiger partial charge in [-0.05, 0) is 49.6 Å². The van der Waals surface area contributed by atoms with Crippen LogP contribution in [0.1, 0.15) is 52.6 Å². The number of nitrogens with two attached hydrogens (primary N) is 2. The summed E-state index contributed by atoms with van der Waals surface area (Å²) >= 11 is 5.89. The van der Waals surface area contributed by atoms with Crippen LogP contribution in [0.25, 0.3) is 0 Å². The van der Waals surface area contributed by atoms with E-state index in [2.05, 4.69) is 30.6 Å². The molecule has 0 bridgehead atoms. The topological polar surface area (TPSA) is 205 Å². The van der Waals surface area contributed by atoms with Gasteiger partial charge in [-0.1, -0.05) is 17.7 Å². The maximum absolute atomic E-state index is 13.7. The SMILES string of the molecule is CC(F)(F)c1ccc(N2CCCN(S(=O)(=O)c3cccc(C(=O)N4CCC5(CC4)CN=C(NC(=O)c4nc(Cl)c(N)nc4N)N5)c3)CC2)nc1. The van der Waals surface area contributed by atoms with Gasteiger partial charge in [0.25, 0.3) is 17.7 Å². The maximum Gasteiger partial charge on any atom is 0.280 e. The van der Waals surface area contributed by atoms with Gasteiger partial charge in [-0.15, -0.1) is 0 Å². The van der Waals surface area contributed by atoms with Crippen LogP contribution in [0, 0.1) is 0 Å². The average molecular weight is 732 g/mol. The van der Waals surface area contributed by atoms with Gasteiger partial charge in [0.1, 0.15) is 5.82 Å². The summed E-state index contributed by atoms with van der Waals surface area (Å²) in [6, 6.07) is 8.87. The summed E-state index contributed by atoms with van der Waals surface area (Å²) in [5.41, 5.74) is 10.7. The van der Waals surface area contributed by atoms with E-state index in [9.17, 15) is 26.8 Å². The van der Waals surface area contributed by atoms with E-state index in [-0.39, 0.29) is 63.5 Å². The van der Waals surface area contributed by atoms with Crippen molar-refractivity contribution in [1.82, 2.24) is 34.8 Å². The summed E-state index contributed by atoms with van der Waals surface area (Å²) in [6.07, 6.45) is 2.69. The number of rotatable bonds is 6. The van der Waals surface area contributed by atoms with E-state index in [4.69, 9.17) is 23.1 Å². The van der Waals surface area contributed by atoms with E-state index in [0.29, 0.717) is 57.8 Å². The van der Waals surface area contributed by atoms with E-state index in [1.54, 1.807) is 17.0 Å². The fraction of sp³-hybridized carbons (Fsp3) is 0.419. The average Bonchev–Trinajstić information content (AvgIpc) is 3.29. The molecule has 15 nitrogen and oxygen atoms in total. The molecule has 1 spiro atoms. The van der Waals surface area contributed by atoms with Gasteiger partial charge < -0.3 is 26.6 Å². The van der Waals surface area contributed by atoms with Crippen LogP contribution in [0.4, 0.5) is 26.2 Å². The molecular formula is C31H36ClF2N11O4S. The lowest BCUT2D eigenvalue weighted by molar-refractivity contribution is 0.0171. The highest BCUT2D eigenvalue weighted by atomic mass is 35.5. The zero-order valence-electron chi connectivity index (χ0n) is 27.1. The third-order valence-electron chi connectivity index (χ3n) is 9.04. The number of piperidine rings is 1. The summed E-state index contributed by atoms with van der Waals surface area (Å²) in [4.78, 5) is 46.2. The Kier molecular flexibility index (Phi) is 9.53. The first-order valence-electron chi connectivity index (χ1n) is 15.9. The van der Waals surface area contributed by atoms with Crippen molar-refractivity contribution in [2.45, 2.75) is 42.5 Å². The van der Waals surface area contributed by atoms with Crippen LogP contribution in [0.15, 0.2) is 52.5 Å². The quantitative estimate of drug-likeness (QED) is 0.289. The third kappa shape index (κ3) is 7.27. The Morgan fingerprint density at radius 3 is 2.48 bits per heavy atom. The van der Waals surface area contributed by atoms with Gasteiger partial charge in [-0.3, -0.25) is 19.9 Å². The van der Waals surface area contributed by atoms with Crippen LogP contribution in [-0.2, 0) is 15.9 Å². The van der Waals surface area contributed by atoms with E-state index >= 15 is 0 Å². The molecule has 0 unspecified atom stereocenters. The van der Waals surface area contributed by atoms with Crippen LogP contribution in [-0.4, -0.2) is 102 Å². The van der Waals surface area contributed by atoms with E-state index in [1.165, 1.54) is 28.6 Å². The number of nitrogen functional groups attached to an aromatic ring is 2. The summed E-state index contributed by atoms with van der Waals surface area (Å²) in [6.45, 7) is 3.16. The molecule has 2 saturated heterocycles. The first-order chi connectivity index (χ1) is 23.6. The van der Waals surface area contributed by atoms with Crippen molar-refractivity contribution in [3.05, 3.63) is 64.6 Å². The summed E-state index contributed by atoms with van der Waals surface area (Å²) in [5, 5.41) is 5.73. The predicted octanol–water partition coefficient (Wildman–Crippen LogP) is 2.07. The lowest BCUT2D eigenvalue weighted by atomic mass is 9.88. The number of aliphatic imine (C=N–C) groups is 1. The molecule has 3 aliphatic heterocycles. The normalized spacial score (nSPS) is 18.4. The summed E-state index contributed by atoms with van der Waals surface area (Å²) in [7, 11) is -3.94. The largest absolute Gasteiger partial charge is 0.382 e. The van der Waals surface area contributed by atoms with Gasteiger partial charge in [-0.2, -0.15) is 4.31 Å². The van der Waals surface area contributed by atoms with Crippen LogP contribution in [0.3, 0.4) is 0 Å². The number of benzene rings is 1. The molecule has 3 aromatic rings. The van der Waals surface area contributed by atoms with Crippen molar-refractivity contribution in [1.29, 1.82) is 0 Å². The Balaban J connectivity index is 1.04. The third-order valence-corrected chi connectivity index (χ3v) is 11.2. The molecule has 266 valence electrons. The predicted molar refractivity (Wildman–Crippen MR) is 182 cm³/mol. The number of nitrogens with zero attached hydrogens (tertiary/aromatic N) is 7. The van der Waals surface area contributed by atoms with Crippen molar-refractivity contribution in [2.24, 2.45) is 4.99 Å². The van der Waals surface area contributed by atoms with Crippen molar-refractivity contribution in [3.8, 4) is 0 Å². The van der Waals surface area contributed by atoms with Crippen molar-refractivity contribution < 1.29 is 26.8 Å². The second kappa shape index (κ2) is 13.6. The minimum atomic E-state index is -3.94. The van der Waals surface area contributed by atoms with E-state index in [1.807, 2.05) is 4.90 Å².